The maximum absolute atomic E-state index is 8.72. The average Bonchev–Trinajstić information content (AvgIpc) is 2.38. The van der Waals surface area contributed by atoms with E-state index in [1.165, 1.54) is 24.3 Å². The van der Waals surface area contributed by atoms with Gasteiger partial charge in [-0.3, -0.25) is 0 Å². The number of nitrogens with zero attached hydrogens (tertiary/aromatic N) is 2. The second-order valence-electron chi connectivity index (χ2n) is 4.21. The van der Waals surface area contributed by atoms with Crippen molar-refractivity contribution in [1.29, 1.82) is 5.26 Å². The van der Waals surface area contributed by atoms with Gasteiger partial charge in [-0.15, -0.1) is 0 Å². The van der Waals surface area contributed by atoms with Gasteiger partial charge in [-0.2, -0.15) is 17.0 Å². The minimum Gasteiger partial charge on any atom is -0.396 e. The van der Waals surface area contributed by atoms with Gasteiger partial charge in [-0.05, 0) is 36.3 Å². The molecule has 1 aromatic heterocycles. The molecular formula is C12H16N4S. The molecule has 0 radical (unpaired) electrons. The van der Waals surface area contributed by atoms with E-state index in [0.29, 0.717) is 23.0 Å². The second-order valence-corrected chi connectivity index (χ2v) is 5.44. The van der Waals surface area contributed by atoms with Crippen LogP contribution in [0.25, 0.3) is 0 Å². The van der Waals surface area contributed by atoms with Crippen molar-refractivity contribution < 1.29 is 0 Å². The molecule has 0 aromatic carbocycles. The fraction of sp³-hybridized carbons (Fsp3) is 0.500. The molecule has 1 aliphatic rings. The molecule has 2 rings (SSSR count). The Balaban J connectivity index is 1.92. The smallest absolute Gasteiger partial charge is 0.149 e. The molecule has 4 nitrogen and oxygen atoms in total. The lowest BCUT2D eigenvalue weighted by Crippen LogP contribution is -2.20. The Hall–Kier alpha value is -1.41. The third-order valence-electron chi connectivity index (χ3n) is 2.95. The lowest BCUT2D eigenvalue weighted by molar-refractivity contribution is 0.515. The normalized spacial score (nSPS) is 16.4. The van der Waals surface area contributed by atoms with Crippen LogP contribution in [0, 0.1) is 17.2 Å². The Morgan fingerprint density at radius 2 is 2.29 bits per heavy atom. The molecule has 1 fully saturated rings. The van der Waals surface area contributed by atoms with Crippen LogP contribution < -0.4 is 11.1 Å². The van der Waals surface area contributed by atoms with Crippen molar-refractivity contribution in [2.75, 3.05) is 29.1 Å². The van der Waals surface area contributed by atoms with Crippen molar-refractivity contribution in [3.8, 4) is 6.07 Å². The molecule has 5 heteroatoms. The summed E-state index contributed by atoms with van der Waals surface area (Å²) >= 11 is 2.02. The standard InChI is InChI=1S/C12H16N4S/c13-6-10-5-11(14)12(16-8-10)15-7-9-1-3-17-4-2-9/h5,8-9H,1-4,7,14H2,(H,15,16). The number of nitriles is 1. The number of thioether (sulfide) groups is 1. The predicted octanol–water partition coefficient (Wildman–Crippen LogP) is 2.09. The van der Waals surface area contributed by atoms with E-state index in [0.717, 1.165) is 6.54 Å². The van der Waals surface area contributed by atoms with Gasteiger partial charge in [-0.25, -0.2) is 4.98 Å². The number of hydrogen-bond donors (Lipinski definition) is 2. The summed E-state index contributed by atoms with van der Waals surface area (Å²) in [6.07, 6.45) is 4.07. The lowest BCUT2D eigenvalue weighted by Gasteiger charge is -2.22. The van der Waals surface area contributed by atoms with Gasteiger partial charge in [0.15, 0.2) is 0 Å². The van der Waals surface area contributed by atoms with Crippen molar-refractivity contribution in [2.45, 2.75) is 12.8 Å². The third-order valence-corrected chi connectivity index (χ3v) is 3.99. The first-order valence-electron chi connectivity index (χ1n) is 5.77. The van der Waals surface area contributed by atoms with Gasteiger partial charge in [0, 0.05) is 12.7 Å². The van der Waals surface area contributed by atoms with Crippen molar-refractivity contribution in [3.63, 3.8) is 0 Å². The van der Waals surface area contributed by atoms with Crippen LogP contribution in [0.2, 0.25) is 0 Å². The van der Waals surface area contributed by atoms with E-state index in [1.807, 2.05) is 17.8 Å². The lowest BCUT2D eigenvalue weighted by atomic mass is 10.0. The maximum Gasteiger partial charge on any atom is 0.149 e. The van der Waals surface area contributed by atoms with Crippen LogP contribution in [0.3, 0.4) is 0 Å². The predicted molar refractivity (Wildman–Crippen MR) is 71.9 cm³/mol. The average molecular weight is 248 g/mol. The zero-order valence-electron chi connectivity index (χ0n) is 9.65. The number of nitrogen functional groups attached to an aromatic ring is 1. The minimum atomic E-state index is 0.502. The molecule has 0 saturated carbocycles. The van der Waals surface area contributed by atoms with E-state index in [9.17, 15) is 0 Å². The molecular weight excluding hydrogens is 232 g/mol. The summed E-state index contributed by atoms with van der Waals surface area (Å²) in [4.78, 5) is 4.17. The monoisotopic (exact) mass is 248 g/mol. The number of aromatic nitrogens is 1. The van der Waals surface area contributed by atoms with Gasteiger partial charge >= 0.3 is 0 Å². The summed E-state index contributed by atoms with van der Waals surface area (Å²) in [5.41, 5.74) is 6.88. The van der Waals surface area contributed by atoms with Crippen LogP contribution in [0.15, 0.2) is 12.3 Å². The zero-order valence-corrected chi connectivity index (χ0v) is 10.5. The van der Waals surface area contributed by atoms with Gasteiger partial charge in [0.2, 0.25) is 0 Å². The van der Waals surface area contributed by atoms with E-state index in [4.69, 9.17) is 11.0 Å². The third kappa shape index (κ3) is 3.27. The quantitative estimate of drug-likeness (QED) is 0.856. The largest absolute Gasteiger partial charge is 0.396 e. The first-order chi connectivity index (χ1) is 8.29. The van der Waals surface area contributed by atoms with Crippen LogP contribution in [-0.2, 0) is 0 Å². The zero-order chi connectivity index (χ0) is 12.1. The summed E-state index contributed by atoms with van der Waals surface area (Å²) in [5, 5.41) is 12.0. The first kappa shape index (κ1) is 12.1. The summed E-state index contributed by atoms with van der Waals surface area (Å²) in [5.74, 6) is 3.92. The minimum absolute atomic E-state index is 0.502. The molecule has 0 bridgehead atoms. The molecule has 2 heterocycles. The topological polar surface area (TPSA) is 74.7 Å². The van der Waals surface area contributed by atoms with Gasteiger partial charge in [0.25, 0.3) is 0 Å². The van der Waals surface area contributed by atoms with E-state index < -0.39 is 0 Å². The Morgan fingerprint density at radius 3 is 2.94 bits per heavy atom. The van der Waals surface area contributed by atoms with Crippen molar-refractivity contribution in [3.05, 3.63) is 17.8 Å². The van der Waals surface area contributed by atoms with Gasteiger partial charge in [-0.1, -0.05) is 0 Å². The van der Waals surface area contributed by atoms with Crippen LogP contribution in [0.4, 0.5) is 11.5 Å². The summed E-state index contributed by atoms with van der Waals surface area (Å²) in [7, 11) is 0. The van der Waals surface area contributed by atoms with E-state index in [1.54, 1.807) is 12.3 Å². The molecule has 90 valence electrons. The molecule has 0 unspecified atom stereocenters. The van der Waals surface area contributed by atoms with Gasteiger partial charge < -0.3 is 11.1 Å². The Kier molecular flexibility index (Phi) is 4.10. The molecule has 1 saturated heterocycles. The fourth-order valence-corrected chi connectivity index (χ4v) is 3.09. The highest BCUT2D eigenvalue weighted by atomic mass is 32.2. The number of hydrogen-bond acceptors (Lipinski definition) is 5. The number of rotatable bonds is 3. The Bertz CT molecular complexity index is 421. The van der Waals surface area contributed by atoms with Crippen LogP contribution in [-0.4, -0.2) is 23.0 Å². The van der Waals surface area contributed by atoms with Gasteiger partial charge in [0.05, 0.1) is 11.3 Å². The van der Waals surface area contributed by atoms with Crippen molar-refractivity contribution in [2.24, 2.45) is 5.92 Å². The highest BCUT2D eigenvalue weighted by molar-refractivity contribution is 7.99. The molecule has 1 aromatic rings. The molecule has 3 N–H and O–H groups in total. The molecule has 0 aliphatic carbocycles. The van der Waals surface area contributed by atoms with E-state index >= 15 is 0 Å². The maximum atomic E-state index is 8.72. The molecule has 0 atom stereocenters. The van der Waals surface area contributed by atoms with Crippen LogP contribution in [0.1, 0.15) is 18.4 Å². The van der Waals surface area contributed by atoms with E-state index in [2.05, 4.69) is 10.3 Å². The molecule has 0 spiro atoms. The van der Waals surface area contributed by atoms with E-state index in [-0.39, 0.29) is 0 Å². The summed E-state index contributed by atoms with van der Waals surface area (Å²) < 4.78 is 0. The van der Waals surface area contributed by atoms with Crippen LogP contribution in [0.5, 0.6) is 0 Å². The molecule has 1 aliphatic heterocycles. The number of anilines is 2. The summed E-state index contributed by atoms with van der Waals surface area (Å²) in [6.45, 7) is 0.920. The number of nitrogens with two attached hydrogens (primary N) is 1. The van der Waals surface area contributed by atoms with Crippen LogP contribution >= 0.6 is 11.8 Å². The Labute approximate surface area is 106 Å². The van der Waals surface area contributed by atoms with Crippen molar-refractivity contribution >= 4 is 23.3 Å². The summed E-state index contributed by atoms with van der Waals surface area (Å²) in [6, 6.07) is 3.69. The molecule has 0 amide bonds. The SMILES string of the molecule is N#Cc1cnc(NCC2CCSCC2)c(N)c1. The highest BCUT2D eigenvalue weighted by Gasteiger charge is 2.14. The second kappa shape index (κ2) is 5.78. The number of pyridine rings is 1. The fourth-order valence-electron chi connectivity index (χ4n) is 1.88. The highest BCUT2D eigenvalue weighted by Crippen LogP contribution is 2.24. The molecule has 17 heavy (non-hydrogen) atoms. The van der Waals surface area contributed by atoms with Gasteiger partial charge in [0.1, 0.15) is 11.9 Å². The van der Waals surface area contributed by atoms with Crippen molar-refractivity contribution in [1.82, 2.24) is 4.98 Å². The number of nitrogens with one attached hydrogen (secondary N) is 1. The first-order valence-corrected chi connectivity index (χ1v) is 6.92. The Morgan fingerprint density at radius 1 is 1.53 bits per heavy atom.